The number of thioether (sulfide) groups is 1. The molecule has 0 saturated heterocycles. The fourth-order valence-electron chi connectivity index (χ4n) is 0.463. The Balaban J connectivity index is 3.44. The Hall–Kier alpha value is -0.180. The zero-order chi connectivity index (χ0) is 7.28. The van der Waals surface area contributed by atoms with Gasteiger partial charge in [0.2, 0.25) is 6.41 Å². The topological polar surface area (TPSA) is 20.3 Å². The summed E-state index contributed by atoms with van der Waals surface area (Å²) in [6.45, 7) is 2.03. The van der Waals surface area contributed by atoms with Gasteiger partial charge in [0.15, 0.2) is 0 Å². The Morgan fingerprint density at radius 2 is 2.33 bits per heavy atom. The molecule has 0 N–H and O–H groups in total. The molecule has 54 valence electrons. The van der Waals surface area contributed by atoms with Crippen LogP contribution in [0.4, 0.5) is 0 Å². The van der Waals surface area contributed by atoms with Gasteiger partial charge in [0.05, 0.1) is 0 Å². The van der Waals surface area contributed by atoms with E-state index in [1.807, 2.05) is 13.2 Å². The first-order valence-electron chi connectivity index (χ1n) is 2.88. The largest absolute Gasteiger partial charge is 0.345 e. The van der Waals surface area contributed by atoms with Crippen molar-refractivity contribution in [1.29, 1.82) is 0 Å². The lowest BCUT2D eigenvalue weighted by Gasteiger charge is -2.18. The molecule has 0 aromatic rings. The van der Waals surface area contributed by atoms with Gasteiger partial charge in [-0.2, -0.15) is 11.8 Å². The molecule has 0 fully saturated rings. The minimum absolute atomic E-state index is 0.359. The van der Waals surface area contributed by atoms with Crippen LogP contribution in [0.25, 0.3) is 0 Å². The molecule has 0 aromatic carbocycles. The van der Waals surface area contributed by atoms with Crippen molar-refractivity contribution in [3.8, 4) is 0 Å². The maximum Gasteiger partial charge on any atom is 0.209 e. The Labute approximate surface area is 60.6 Å². The Morgan fingerprint density at radius 3 is 2.67 bits per heavy atom. The van der Waals surface area contributed by atoms with Crippen molar-refractivity contribution in [3.63, 3.8) is 0 Å². The maximum absolute atomic E-state index is 10.1. The first kappa shape index (κ1) is 8.82. The van der Waals surface area contributed by atoms with Gasteiger partial charge in [0, 0.05) is 18.8 Å². The Kier molecular flexibility index (Phi) is 4.58. The predicted molar refractivity (Wildman–Crippen MR) is 41.7 cm³/mol. The molecule has 0 radical (unpaired) electrons. The Bertz CT molecular complexity index is 87.1. The normalized spacial score (nSPS) is 12.8. The van der Waals surface area contributed by atoms with Crippen LogP contribution in [0.5, 0.6) is 0 Å². The van der Waals surface area contributed by atoms with Gasteiger partial charge >= 0.3 is 0 Å². The zero-order valence-corrected chi connectivity index (χ0v) is 6.94. The van der Waals surface area contributed by atoms with Crippen molar-refractivity contribution in [2.45, 2.75) is 13.0 Å². The van der Waals surface area contributed by atoms with Crippen molar-refractivity contribution in [3.05, 3.63) is 0 Å². The molecule has 0 spiro atoms. The summed E-state index contributed by atoms with van der Waals surface area (Å²) in [6, 6.07) is 0.359. The molecule has 1 unspecified atom stereocenters. The summed E-state index contributed by atoms with van der Waals surface area (Å²) in [5, 5.41) is 0. The average molecular weight is 147 g/mol. The average Bonchev–Trinajstić information content (AvgIpc) is 1.87. The minimum atomic E-state index is 0.359. The van der Waals surface area contributed by atoms with Crippen LogP contribution in [-0.4, -0.2) is 36.4 Å². The van der Waals surface area contributed by atoms with Gasteiger partial charge in [-0.25, -0.2) is 0 Å². The first-order valence-corrected chi connectivity index (χ1v) is 4.28. The minimum Gasteiger partial charge on any atom is -0.345 e. The number of hydrogen-bond donors (Lipinski definition) is 0. The van der Waals surface area contributed by atoms with Crippen LogP contribution in [0.3, 0.4) is 0 Å². The highest BCUT2D eigenvalue weighted by Crippen LogP contribution is 2.00. The van der Waals surface area contributed by atoms with E-state index in [9.17, 15) is 4.79 Å². The summed E-state index contributed by atoms with van der Waals surface area (Å²) in [5.74, 6) is 1.01. The van der Waals surface area contributed by atoms with E-state index in [0.717, 1.165) is 12.2 Å². The number of carbonyl (C=O) groups excluding carboxylic acids is 1. The third-order valence-corrected chi connectivity index (χ3v) is 2.09. The Morgan fingerprint density at radius 1 is 1.78 bits per heavy atom. The number of carbonyl (C=O) groups is 1. The summed E-state index contributed by atoms with van der Waals surface area (Å²) in [4.78, 5) is 11.8. The predicted octanol–water partition coefficient (Wildman–Crippen LogP) is 0.826. The van der Waals surface area contributed by atoms with Crippen molar-refractivity contribution in [2.24, 2.45) is 0 Å². The highest BCUT2D eigenvalue weighted by atomic mass is 32.2. The molecule has 2 nitrogen and oxygen atoms in total. The molecular weight excluding hydrogens is 134 g/mol. The van der Waals surface area contributed by atoms with Gasteiger partial charge in [-0.3, -0.25) is 4.79 Å². The highest BCUT2D eigenvalue weighted by Gasteiger charge is 2.03. The SMILES string of the molecule is CSCC(C)N(C)C=O. The molecule has 9 heavy (non-hydrogen) atoms. The second-order valence-electron chi connectivity index (χ2n) is 2.08. The summed E-state index contributed by atoms with van der Waals surface area (Å²) in [6.07, 6.45) is 2.90. The maximum atomic E-state index is 10.1. The van der Waals surface area contributed by atoms with Crippen LogP contribution in [0.1, 0.15) is 6.92 Å². The second-order valence-corrected chi connectivity index (χ2v) is 2.99. The van der Waals surface area contributed by atoms with Crippen LogP contribution in [0.2, 0.25) is 0 Å². The number of amides is 1. The van der Waals surface area contributed by atoms with Crippen LogP contribution in [-0.2, 0) is 4.79 Å². The van der Waals surface area contributed by atoms with Crippen molar-refractivity contribution >= 4 is 18.2 Å². The van der Waals surface area contributed by atoms with Gasteiger partial charge < -0.3 is 4.90 Å². The van der Waals surface area contributed by atoms with Crippen LogP contribution in [0.15, 0.2) is 0 Å². The molecule has 0 aliphatic rings. The molecule has 0 aliphatic carbocycles. The molecule has 0 bridgehead atoms. The number of rotatable bonds is 4. The van der Waals surface area contributed by atoms with Gasteiger partial charge in [-0.15, -0.1) is 0 Å². The summed E-state index contributed by atoms with van der Waals surface area (Å²) in [7, 11) is 1.80. The second kappa shape index (κ2) is 4.68. The van der Waals surface area contributed by atoms with Crippen molar-refractivity contribution in [1.82, 2.24) is 4.90 Å². The van der Waals surface area contributed by atoms with Crippen molar-refractivity contribution in [2.75, 3.05) is 19.1 Å². The van der Waals surface area contributed by atoms with Gasteiger partial charge in [0.1, 0.15) is 0 Å². The molecule has 1 atom stereocenters. The van der Waals surface area contributed by atoms with Gasteiger partial charge in [-0.05, 0) is 13.2 Å². The molecule has 1 amide bonds. The molecule has 3 heteroatoms. The van der Waals surface area contributed by atoms with E-state index in [0.29, 0.717) is 6.04 Å². The standard InChI is InChI=1S/C6H13NOS/c1-6(4-9-3)7(2)5-8/h5-6H,4H2,1-3H3. The highest BCUT2D eigenvalue weighted by molar-refractivity contribution is 7.98. The fraction of sp³-hybridized carbons (Fsp3) is 0.833. The van der Waals surface area contributed by atoms with E-state index >= 15 is 0 Å². The zero-order valence-electron chi connectivity index (χ0n) is 6.13. The van der Waals surface area contributed by atoms with E-state index in [2.05, 4.69) is 0 Å². The quantitative estimate of drug-likeness (QED) is 0.549. The van der Waals surface area contributed by atoms with Crippen LogP contribution >= 0.6 is 11.8 Å². The van der Waals surface area contributed by atoms with Gasteiger partial charge in [-0.1, -0.05) is 0 Å². The molecule has 0 aliphatic heterocycles. The lowest BCUT2D eigenvalue weighted by molar-refractivity contribution is -0.118. The summed E-state index contributed by atoms with van der Waals surface area (Å²) in [5.41, 5.74) is 0. The lowest BCUT2D eigenvalue weighted by atomic mass is 10.4. The van der Waals surface area contributed by atoms with E-state index < -0.39 is 0 Å². The van der Waals surface area contributed by atoms with E-state index in [-0.39, 0.29) is 0 Å². The fourth-order valence-corrected chi connectivity index (χ4v) is 1.18. The molecule has 0 aromatic heterocycles. The number of hydrogen-bond acceptors (Lipinski definition) is 2. The third-order valence-electron chi connectivity index (χ3n) is 1.27. The smallest absolute Gasteiger partial charge is 0.209 e. The monoisotopic (exact) mass is 147 g/mol. The summed E-state index contributed by atoms with van der Waals surface area (Å²) >= 11 is 1.75. The van der Waals surface area contributed by atoms with E-state index in [1.54, 1.807) is 23.7 Å². The van der Waals surface area contributed by atoms with Crippen LogP contribution < -0.4 is 0 Å². The first-order chi connectivity index (χ1) is 4.22. The summed E-state index contributed by atoms with van der Waals surface area (Å²) < 4.78 is 0. The molecule has 0 rings (SSSR count). The molecule has 0 heterocycles. The third kappa shape index (κ3) is 3.40. The van der Waals surface area contributed by atoms with E-state index in [1.165, 1.54) is 0 Å². The lowest BCUT2D eigenvalue weighted by Crippen LogP contribution is -2.29. The van der Waals surface area contributed by atoms with Gasteiger partial charge in [0.25, 0.3) is 0 Å². The van der Waals surface area contributed by atoms with Crippen molar-refractivity contribution < 1.29 is 4.79 Å². The van der Waals surface area contributed by atoms with E-state index in [4.69, 9.17) is 0 Å². The molecule has 0 saturated carbocycles. The molecular formula is C6H13NOS. The van der Waals surface area contributed by atoms with Crippen LogP contribution in [0, 0.1) is 0 Å². The number of nitrogens with zero attached hydrogens (tertiary/aromatic N) is 1.